The van der Waals surface area contributed by atoms with Crippen molar-refractivity contribution in [2.24, 2.45) is 0 Å². The molecule has 1 atom stereocenters. The first-order valence-corrected chi connectivity index (χ1v) is 6.36. The number of aldehydes is 1. The highest BCUT2D eigenvalue weighted by Crippen LogP contribution is 2.36. The molecular weight excluding hydrogens is 240 g/mol. The van der Waals surface area contributed by atoms with E-state index in [2.05, 4.69) is 0 Å². The molecule has 19 heavy (non-hydrogen) atoms. The molecule has 3 rings (SSSR count). The summed E-state index contributed by atoms with van der Waals surface area (Å²) in [5, 5.41) is 0. The molecular formula is C16H14O3. The van der Waals surface area contributed by atoms with Gasteiger partial charge >= 0.3 is 0 Å². The van der Waals surface area contributed by atoms with Crippen molar-refractivity contribution in [3.8, 4) is 0 Å². The highest BCUT2D eigenvalue weighted by atomic mass is 16.3. The average molecular weight is 254 g/mol. The smallest absolute Gasteiger partial charge is 0.185 e. The van der Waals surface area contributed by atoms with Crippen LogP contribution >= 0.6 is 0 Å². The van der Waals surface area contributed by atoms with Gasteiger partial charge in [-0.3, -0.25) is 9.59 Å². The molecule has 1 aromatic heterocycles. The van der Waals surface area contributed by atoms with Gasteiger partial charge in [-0.1, -0.05) is 30.3 Å². The fourth-order valence-electron chi connectivity index (χ4n) is 2.80. The van der Waals surface area contributed by atoms with E-state index in [0.29, 0.717) is 36.0 Å². The molecule has 2 aromatic rings. The lowest BCUT2D eigenvalue weighted by atomic mass is 9.82. The molecule has 1 aliphatic rings. The zero-order valence-corrected chi connectivity index (χ0v) is 10.7. The summed E-state index contributed by atoms with van der Waals surface area (Å²) < 4.78 is 5.52. The number of benzene rings is 1. The van der Waals surface area contributed by atoms with Crippen molar-refractivity contribution in [2.45, 2.75) is 25.7 Å². The van der Waals surface area contributed by atoms with E-state index < -0.39 is 0 Å². The number of fused-ring (bicyclic) bond motifs is 1. The molecule has 1 heterocycles. The van der Waals surface area contributed by atoms with E-state index in [9.17, 15) is 9.59 Å². The van der Waals surface area contributed by atoms with E-state index in [1.807, 2.05) is 30.3 Å². The summed E-state index contributed by atoms with van der Waals surface area (Å²) in [4.78, 5) is 23.1. The summed E-state index contributed by atoms with van der Waals surface area (Å²) in [7, 11) is 0. The summed E-state index contributed by atoms with van der Waals surface area (Å²) in [6.07, 6.45) is 1.84. The molecule has 1 aromatic carbocycles. The minimum absolute atomic E-state index is 0.0736. The van der Waals surface area contributed by atoms with Gasteiger partial charge in [-0.25, -0.2) is 0 Å². The zero-order valence-electron chi connectivity index (χ0n) is 10.7. The van der Waals surface area contributed by atoms with Gasteiger partial charge in [-0.05, 0) is 18.4 Å². The Morgan fingerprint density at radius 3 is 2.63 bits per heavy atom. The normalized spacial score (nSPS) is 18.2. The first kappa shape index (κ1) is 11.9. The molecule has 1 aliphatic carbocycles. The van der Waals surface area contributed by atoms with Gasteiger partial charge in [0.2, 0.25) is 0 Å². The van der Waals surface area contributed by atoms with Crippen molar-refractivity contribution in [3.05, 3.63) is 58.5 Å². The van der Waals surface area contributed by atoms with Crippen LogP contribution in [0.3, 0.4) is 0 Å². The Morgan fingerprint density at radius 2 is 1.95 bits per heavy atom. The number of rotatable bonds is 2. The van der Waals surface area contributed by atoms with E-state index in [0.717, 1.165) is 5.56 Å². The number of hydrogen-bond acceptors (Lipinski definition) is 3. The molecule has 3 nitrogen and oxygen atoms in total. The number of Topliss-reactive ketones (excluding diaryl/α,β-unsaturated/α-hetero) is 1. The van der Waals surface area contributed by atoms with Crippen LogP contribution in [-0.2, 0) is 6.42 Å². The SMILES string of the molecule is Cc1c(C=O)oc2c1C(=O)CC(c1ccccc1)C2. The third-order valence-corrected chi connectivity index (χ3v) is 3.78. The lowest BCUT2D eigenvalue weighted by Gasteiger charge is -2.20. The number of carbonyl (C=O) groups is 2. The van der Waals surface area contributed by atoms with Crippen LogP contribution in [0.1, 0.15) is 50.1 Å². The van der Waals surface area contributed by atoms with Crippen LogP contribution in [0.25, 0.3) is 0 Å². The van der Waals surface area contributed by atoms with Crippen LogP contribution in [0, 0.1) is 6.92 Å². The molecule has 0 spiro atoms. The highest BCUT2D eigenvalue weighted by molar-refractivity contribution is 6.01. The third-order valence-electron chi connectivity index (χ3n) is 3.78. The second-order valence-corrected chi connectivity index (χ2v) is 4.95. The van der Waals surface area contributed by atoms with E-state index >= 15 is 0 Å². The lowest BCUT2D eigenvalue weighted by Crippen LogP contribution is -2.17. The Bertz CT molecular complexity index is 638. The molecule has 0 fully saturated rings. The van der Waals surface area contributed by atoms with Gasteiger partial charge in [0.1, 0.15) is 5.76 Å². The molecule has 0 saturated heterocycles. The Kier molecular flexibility index (Phi) is 2.82. The molecule has 0 bridgehead atoms. The average Bonchev–Trinajstić information content (AvgIpc) is 2.76. The summed E-state index contributed by atoms with van der Waals surface area (Å²) in [5.74, 6) is 1.16. The standard InChI is InChI=1S/C16H14O3/c1-10-15(9-17)19-14-8-12(7-13(18)16(10)14)11-5-3-2-4-6-11/h2-6,9,12H,7-8H2,1H3. The first-order valence-electron chi connectivity index (χ1n) is 6.36. The summed E-state index contributed by atoms with van der Waals surface area (Å²) in [6.45, 7) is 1.77. The monoisotopic (exact) mass is 254 g/mol. The largest absolute Gasteiger partial charge is 0.457 e. The van der Waals surface area contributed by atoms with Gasteiger partial charge in [0, 0.05) is 18.4 Å². The van der Waals surface area contributed by atoms with Crippen molar-refractivity contribution in [1.82, 2.24) is 0 Å². The van der Waals surface area contributed by atoms with Gasteiger partial charge < -0.3 is 4.42 Å². The Labute approximate surface area is 111 Å². The van der Waals surface area contributed by atoms with E-state index in [1.54, 1.807) is 6.92 Å². The Hall–Kier alpha value is -2.16. The first-order chi connectivity index (χ1) is 9.20. The van der Waals surface area contributed by atoms with Crippen LogP contribution < -0.4 is 0 Å². The molecule has 1 unspecified atom stereocenters. The number of ketones is 1. The zero-order chi connectivity index (χ0) is 13.4. The third kappa shape index (κ3) is 1.91. The maximum atomic E-state index is 12.2. The van der Waals surface area contributed by atoms with Gasteiger partial charge in [0.25, 0.3) is 0 Å². The predicted octanol–water partition coefficient (Wildman–Crippen LogP) is 3.31. The molecule has 0 saturated carbocycles. The number of carbonyl (C=O) groups excluding carboxylic acids is 2. The molecule has 0 aliphatic heterocycles. The van der Waals surface area contributed by atoms with Crippen LogP contribution in [0.2, 0.25) is 0 Å². The Morgan fingerprint density at radius 1 is 1.21 bits per heavy atom. The minimum atomic E-state index is 0.0736. The van der Waals surface area contributed by atoms with Crippen LogP contribution in [-0.4, -0.2) is 12.1 Å². The van der Waals surface area contributed by atoms with Gasteiger partial charge in [-0.2, -0.15) is 0 Å². The van der Waals surface area contributed by atoms with Gasteiger partial charge in [0.15, 0.2) is 17.8 Å². The van der Waals surface area contributed by atoms with Crippen molar-refractivity contribution in [3.63, 3.8) is 0 Å². The van der Waals surface area contributed by atoms with Crippen LogP contribution in [0.5, 0.6) is 0 Å². The molecule has 96 valence electrons. The van der Waals surface area contributed by atoms with E-state index in [1.165, 1.54) is 0 Å². The van der Waals surface area contributed by atoms with Crippen molar-refractivity contribution in [2.75, 3.05) is 0 Å². The predicted molar refractivity (Wildman–Crippen MR) is 70.7 cm³/mol. The maximum absolute atomic E-state index is 12.2. The summed E-state index contributed by atoms with van der Waals surface area (Å²) in [6, 6.07) is 9.96. The molecule has 3 heteroatoms. The highest BCUT2D eigenvalue weighted by Gasteiger charge is 2.32. The Balaban J connectivity index is 2.01. The molecule has 0 radical (unpaired) electrons. The van der Waals surface area contributed by atoms with E-state index in [4.69, 9.17) is 4.42 Å². The van der Waals surface area contributed by atoms with E-state index in [-0.39, 0.29) is 17.5 Å². The quantitative estimate of drug-likeness (QED) is 0.772. The lowest BCUT2D eigenvalue weighted by molar-refractivity contribution is 0.0958. The van der Waals surface area contributed by atoms with Gasteiger partial charge in [0.05, 0.1) is 5.56 Å². The second kappa shape index (κ2) is 4.50. The fraction of sp³-hybridized carbons (Fsp3) is 0.250. The van der Waals surface area contributed by atoms with Crippen molar-refractivity contribution in [1.29, 1.82) is 0 Å². The molecule has 0 amide bonds. The van der Waals surface area contributed by atoms with Crippen molar-refractivity contribution < 1.29 is 14.0 Å². The fourth-order valence-corrected chi connectivity index (χ4v) is 2.80. The topological polar surface area (TPSA) is 47.3 Å². The minimum Gasteiger partial charge on any atom is -0.457 e. The van der Waals surface area contributed by atoms with Crippen LogP contribution in [0.4, 0.5) is 0 Å². The summed E-state index contributed by atoms with van der Waals surface area (Å²) >= 11 is 0. The summed E-state index contributed by atoms with van der Waals surface area (Å²) in [5.41, 5.74) is 2.44. The second-order valence-electron chi connectivity index (χ2n) is 4.95. The molecule has 0 N–H and O–H groups in total. The van der Waals surface area contributed by atoms with Crippen LogP contribution in [0.15, 0.2) is 34.7 Å². The number of hydrogen-bond donors (Lipinski definition) is 0. The number of furan rings is 1. The van der Waals surface area contributed by atoms with Gasteiger partial charge in [-0.15, -0.1) is 0 Å². The maximum Gasteiger partial charge on any atom is 0.185 e. The van der Waals surface area contributed by atoms with Crippen molar-refractivity contribution >= 4 is 12.1 Å².